The molecular formula is C29H31F2N7O3. The minimum Gasteiger partial charge on any atom is -0.453 e. The molecule has 0 unspecified atom stereocenters. The Hall–Kier alpha value is -4.16. The Balaban J connectivity index is 1.28. The Morgan fingerprint density at radius 3 is 2.59 bits per heavy atom. The van der Waals surface area contributed by atoms with Crippen molar-refractivity contribution < 1.29 is 23.0 Å². The lowest BCUT2D eigenvalue weighted by molar-refractivity contribution is 0.00822. The second-order valence-corrected chi connectivity index (χ2v) is 10.8. The van der Waals surface area contributed by atoms with Gasteiger partial charge in [-0.15, -0.1) is 0 Å². The number of ether oxygens (including phenoxy) is 2. The van der Waals surface area contributed by atoms with E-state index in [1.807, 2.05) is 6.07 Å². The highest BCUT2D eigenvalue weighted by atomic mass is 19.1. The first-order chi connectivity index (χ1) is 19.8. The summed E-state index contributed by atoms with van der Waals surface area (Å²) in [6.45, 7) is 2.97. The third kappa shape index (κ3) is 5.20. The van der Waals surface area contributed by atoms with E-state index >= 15 is 8.78 Å². The maximum absolute atomic E-state index is 15.1. The summed E-state index contributed by atoms with van der Waals surface area (Å²) in [5, 5.41) is 10.7. The molecule has 1 aliphatic carbocycles. The molecule has 10 nitrogen and oxygen atoms in total. The van der Waals surface area contributed by atoms with E-state index in [1.54, 1.807) is 30.7 Å². The van der Waals surface area contributed by atoms with Gasteiger partial charge in [0.05, 0.1) is 55.2 Å². The molecule has 1 saturated carbocycles. The van der Waals surface area contributed by atoms with Crippen molar-refractivity contribution in [3.05, 3.63) is 71.7 Å². The van der Waals surface area contributed by atoms with E-state index in [-0.39, 0.29) is 41.1 Å². The highest BCUT2D eigenvalue weighted by molar-refractivity contribution is 5.68. The quantitative estimate of drug-likeness (QED) is 0.313. The number of carbonyl (C=O) groups excluding carboxylic acids is 1. The van der Waals surface area contributed by atoms with Gasteiger partial charge in [-0.3, -0.25) is 4.98 Å². The smallest absolute Gasteiger partial charge is 0.407 e. The fraction of sp³-hybridized carbons (Fsp3) is 0.379. The molecule has 12 heteroatoms. The van der Waals surface area contributed by atoms with E-state index in [1.165, 1.54) is 23.8 Å². The van der Waals surface area contributed by atoms with E-state index in [0.29, 0.717) is 36.7 Å². The molecule has 1 aliphatic heterocycles. The molecule has 0 radical (unpaired) electrons. The molecule has 2 fully saturated rings. The zero-order chi connectivity index (χ0) is 28.7. The maximum Gasteiger partial charge on any atom is 0.407 e. The van der Waals surface area contributed by atoms with Crippen molar-refractivity contribution in [2.45, 2.75) is 43.7 Å². The summed E-state index contributed by atoms with van der Waals surface area (Å²) in [5.41, 5.74) is 9.39. The van der Waals surface area contributed by atoms with Gasteiger partial charge in [0.15, 0.2) is 0 Å². The number of nitrogens with two attached hydrogens (primary N) is 1. The summed E-state index contributed by atoms with van der Waals surface area (Å²) in [6, 6.07) is 7.47. The van der Waals surface area contributed by atoms with Crippen molar-refractivity contribution >= 4 is 23.2 Å². The van der Waals surface area contributed by atoms with Gasteiger partial charge in [0.2, 0.25) is 5.95 Å². The van der Waals surface area contributed by atoms with Gasteiger partial charge in [-0.05, 0) is 66.1 Å². The first-order valence-electron chi connectivity index (χ1n) is 13.5. The molecule has 214 valence electrons. The summed E-state index contributed by atoms with van der Waals surface area (Å²) in [6.07, 6.45) is 5.99. The number of benzene rings is 1. The van der Waals surface area contributed by atoms with Crippen molar-refractivity contribution in [2.75, 3.05) is 25.6 Å². The number of nitrogens with zero attached hydrogens (tertiary/aromatic N) is 4. The number of fused-ring (bicyclic) bond motifs is 1. The highest BCUT2D eigenvalue weighted by Crippen LogP contribution is 2.39. The van der Waals surface area contributed by atoms with Crippen LogP contribution in [-0.2, 0) is 9.47 Å². The second-order valence-electron chi connectivity index (χ2n) is 10.8. The van der Waals surface area contributed by atoms with Gasteiger partial charge in [0, 0.05) is 24.2 Å². The number of nitrogens with one attached hydrogen (secondary N) is 2. The fourth-order valence-electron chi connectivity index (χ4n) is 5.88. The van der Waals surface area contributed by atoms with Crippen LogP contribution in [-0.4, -0.2) is 58.1 Å². The van der Waals surface area contributed by atoms with Crippen LogP contribution in [0.15, 0.2) is 48.9 Å². The number of carbonyl (C=O) groups is 1. The lowest BCUT2D eigenvalue weighted by Gasteiger charge is -2.39. The van der Waals surface area contributed by atoms with Gasteiger partial charge in [0.25, 0.3) is 0 Å². The number of amides is 1. The fourth-order valence-corrected chi connectivity index (χ4v) is 5.88. The number of rotatable bonds is 6. The van der Waals surface area contributed by atoms with Crippen LogP contribution in [0.4, 0.5) is 25.2 Å². The molecular weight excluding hydrogens is 532 g/mol. The molecule has 4 heterocycles. The molecule has 4 N–H and O–H groups in total. The number of aromatic nitrogens is 4. The Kier molecular flexibility index (Phi) is 7.26. The second kappa shape index (κ2) is 11.0. The Bertz CT molecular complexity index is 1560. The lowest BCUT2D eigenvalue weighted by Crippen LogP contribution is -2.54. The number of pyridine rings is 1. The molecule has 4 atom stereocenters. The molecule has 6 rings (SSSR count). The predicted molar refractivity (Wildman–Crippen MR) is 148 cm³/mol. The van der Waals surface area contributed by atoms with Crippen LogP contribution in [0.2, 0.25) is 0 Å². The number of anilines is 2. The van der Waals surface area contributed by atoms with Crippen LogP contribution in [0.1, 0.15) is 42.7 Å². The van der Waals surface area contributed by atoms with E-state index in [0.717, 1.165) is 17.7 Å². The van der Waals surface area contributed by atoms with Gasteiger partial charge >= 0.3 is 6.09 Å². The van der Waals surface area contributed by atoms with Crippen LogP contribution in [0, 0.1) is 17.6 Å². The van der Waals surface area contributed by atoms with Crippen LogP contribution >= 0.6 is 0 Å². The van der Waals surface area contributed by atoms with Crippen LogP contribution in [0.3, 0.4) is 0 Å². The third-order valence-electron chi connectivity index (χ3n) is 8.11. The Morgan fingerprint density at radius 2 is 1.90 bits per heavy atom. The largest absolute Gasteiger partial charge is 0.453 e. The van der Waals surface area contributed by atoms with Gasteiger partial charge < -0.3 is 25.8 Å². The van der Waals surface area contributed by atoms with Crippen molar-refractivity contribution in [3.8, 4) is 11.3 Å². The first-order valence-corrected chi connectivity index (χ1v) is 13.5. The van der Waals surface area contributed by atoms with Gasteiger partial charge in [-0.1, -0.05) is 6.92 Å². The molecule has 2 aliphatic rings. The van der Waals surface area contributed by atoms with Crippen molar-refractivity contribution in [1.82, 2.24) is 24.9 Å². The topological polar surface area (TPSA) is 129 Å². The molecule has 1 saturated heterocycles. The average Bonchev–Trinajstić information content (AvgIpc) is 3.31. The zero-order valence-corrected chi connectivity index (χ0v) is 22.7. The molecule has 0 bridgehead atoms. The predicted octanol–water partition coefficient (Wildman–Crippen LogP) is 4.49. The molecule has 1 aromatic carbocycles. The number of alkyl carbamates (subject to hydrolysis) is 1. The highest BCUT2D eigenvalue weighted by Gasteiger charge is 2.36. The summed E-state index contributed by atoms with van der Waals surface area (Å²) in [4.78, 5) is 20.6. The van der Waals surface area contributed by atoms with E-state index in [4.69, 9.17) is 15.2 Å². The average molecular weight is 564 g/mol. The monoisotopic (exact) mass is 563 g/mol. The number of halogens is 2. The number of methoxy groups -OCH3 is 1. The summed E-state index contributed by atoms with van der Waals surface area (Å²) < 4.78 is 41.7. The molecule has 0 spiro atoms. The van der Waals surface area contributed by atoms with Crippen molar-refractivity contribution in [1.29, 1.82) is 0 Å². The minimum absolute atomic E-state index is 0.00156. The molecule has 41 heavy (non-hydrogen) atoms. The Labute approximate surface area is 235 Å². The Morgan fingerprint density at radius 1 is 1.12 bits per heavy atom. The molecule has 4 aromatic rings. The van der Waals surface area contributed by atoms with Gasteiger partial charge in [-0.2, -0.15) is 9.61 Å². The summed E-state index contributed by atoms with van der Waals surface area (Å²) in [5.74, 6) is -0.778. The van der Waals surface area contributed by atoms with E-state index < -0.39 is 17.7 Å². The molecule has 3 aromatic heterocycles. The van der Waals surface area contributed by atoms with Crippen molar-refractivity contribution in [3.63, 3.8) is 0 Å². The maximum atomic E-state index is 15.1. The van der Waals surface area contributed by atoms with E-state index in [2.05, 4.69) is 32.6 Å². The summed E-state index contributed by atoms with van der Waals surface area (Å²) in [7, 11) is 1.33. The normalized spacial score (nSPS) is 22.8. The van der Waals surface area contributed by atoms with Gasteiger partial charge in [-0.25, -0.2) is 18.6 Å². The number of hydrogen-bond acceptors (Lipinski definition) is 8. The van der Waals surface area contributed by atoms with Crippen molar-refractivity contribution in [2.24, 2.45) is 11.7 Å². The van der Waals surface area contributed by atoms with Crippen LogP contribution in [0.5, 0.6) is 0 Å². The summed E-state index contributed by atoms with van der Waals surface area (Å²) >= 11 is 0. The SMILES string of the molecule is COC(=O)N[C@@H]1[C@H](N)C[C@H](c2ccncc2Nc2ncc3ccc(-c4c(F)cc(C5COC5)cc4F)nn23)C[C@@H]1C. The first kappa shape index (κ1) is 27.0. The standard InChI is InChI=1S/C29H31F2N7O3/c1-15-7-17(10-23(32)27(15)36-29(39)40-2)20-5-6-33-12-25(20)35-28-34-11-19-3-4-24(37-38(19)28)26-21(30)8-16(9-22(26)31)18-13-41-14-18/h3-6,8-9,11-12,15,17-18,23,27H,7,10,13-14,32H2,1-2H3,(H,34,35)(H,36,39)/t15-,17+,23+,27-/m0/s1. The number of hydrogen-bond donors (Lipinski definition) is 3. The lowest BCUT2D eigenvalue weighted by atomic mass is 9.73. The molecule has 1 amide bonds. The van der Waals surface area contributed by atoms with E-state index in [9.17, 15) is 4.79 Å². The van der Waals surface area contributed by atoms with Crippen LogP contribution in [0.25, 0.3) is 16.8 Å². The number of imidazole rings is 1. The minimum atomic E-state index is -0.675. The van der Waals surface area contributed by atoms with Crippen LogP contribution < -0.4 is 16.4 Å². The van der Waals surface area contributed by atoms with Gasteiger partial charge in [0.1, 0.15) is 11.6 Å². The third-order valence-corrected chi connectivity index (χ3v) is 8.11. The zero-order valence-electron chi connectivity index (χ0n) is 22.7.